The van der Waals surface area contributed by atoms with E-state index in [1.165, 1.54) is 11.8 Å². The number of hydrogen-bond acceptors (Lipinski definition) is 6. The molecule has 8 heteroatoms. The van der Waals surface area contributed by atoms with E-state index in [4.69, 9.17) is 4.74 Å². The third kappa shape index (κ3) is 3.79. The molecular weight excluding hydrogens is 338 g/mol. The summed E-state index contributed by atoms with van der Waals surface area (Å²) in [6.45, 7) is 9.34. The minimum atomic E-state index is 0.0919. The number of thioether (sulfide) groups is 1. The number of fused-ring (bicyclic) bond motifs is 1. The number of carbonyl (C=O) groups excluding carboxylic acids is 1. The van der Waals surface area contributed by atoms with Crippen LogP contribution < -0.4 is 0 Å². The molecule has 1 aliphatic rings. The number of aromatic nitrogens is 4. The van der Waals surface area contributed by atoms with Gasteiger partial charge in [0, 0.05) is 30.9 Å². The average Bonchev–Trinajstić information content (AvgIpc) is 2.96. The molecule has 1 amide bonds. The normalized spacial score (nSPS) is 21.1. The van der Waals surface area contributed by atoms with Crippen LogP contribution in [0.25, 0.3) is 5.78 Å². The number of rotatable bonds is 4. The molecule has 0 bridgehead atoms. The van der Waals surface area contributed by atoms with Crippen LogP contribution in [0.15, 0.2) is 5.16 Å². The largest absolute Gasteiger partial charge is 0.372 e. The van der Waals surface area contributed by atoms with Crippen LogP contribution in [0.1, 0.15) is 37.2 Å². The first-order valence-corrected chi connectivity index (χ1v) is 9.81. The molecule has 0 aromatic carbocycles. The van der Waals surface area contributed by atoms with Gasteiger partial charge in [-0.25, -0.2) is 9.50 Å². The predicted octanol–water partition coefficient (Wildman–Crippen LogP) is 2.03. The molecule has 0 aliphatic carbocycles. The van der Waals surface area contributed by atoms with E-state index in [2.05, 4.69) is 15.1 Å². The summed E-state index contributed by atoms with van der Waals surface area (Å²) in [4.78, 5) is 23.5. The Kier molecular flexibility index (Phi) is 5.29. The van der Waals surface area contributed by atoms with Gasteiger partial charge in [-0.15, -0.1) is 5.10 Å². The predicted molar refractivity (Wildman–Crippen MR) is 96.9 cm³/mol. The van der Waals surface area contributed by atoms with Gasteiger partial charge in [0.25, 0.3) is 5.78 Å². The van der Waals surface area contributed by atoms with Crippen LogP contribution in [0, 0.1) is 13.8 Å². The second-order valence-electron chi connectivity index (χ2n) is 6.63. The van der Waals surface area contributed by atoms with E-state index >= 15 is 0 Å². The van der Waals surface area contributed by atoms with E-state index in [9.17, 15) is 4.79 Å². The standard InChI is InChI=1S/C17H25N5O2S/c1-10-8-21(9-11(2)24-10)15(23)7-6-14-12(3)18-16-19-17(25-5)20-22(16)13(14)4/h10-11H,6-9H2,1-5H3/t10-,11+. The van der Waals surface area contributed by atoms with Gasteiger partial charge in [-0.1, -0.05) is 11.8 Å². The topological polar surface area (TPSA) is 72.6 Å². The van der Waals surface area contributed by atoms with Gasteiger partial charge in [0.15, 0.2) is 0 Å². The molecule has 0 saturated carbocycles. The molecule has 2 aromatic rings. The zero-order valence-corrected chi connectivity index (χ0v) is 16.3. The summed E-state index contributed by atoms with van der Waals surface area (Å²) in [5.41, 5.74) is 3.00. The van der Waals surface area contributed by atoms with Crippen molar-refractivity contribution in [2.24, 2.45) is 0 Å². The Morgan fingerprint density at radius 3 is 2.56 bits per heavy atom. The molecule has 3 heterocycles. The Morgan fingerprint density at radius 2 is 1.92 bits per heavy atom. The summed E-state index contributed by atoms with van der Waals surface area (Å²) in [6.07, 6.45) is 3.26. The maximum atomic E-state index is 12.6. The van der Waals surface area contributed by atoms with E-state index in [-0.39, 0.29) is 18.1 Å². The average molecular weight is 363 g/mol. The van der Waals surface area contributed by atoms with Crippen molar-refractivity contribution >= 4 is 23.4 Å². The lowest BCUT2D eigenvalue weighted by atomic mass is 10.1. The maximum Gasteiger partial charge on any atom is 0.253 e. The summed E-state index contributed by atoms with van der Waals surface area (Å²) in [6, 6.07) is 0. The summed E-state index contributed by atoms with van der Waals surface area (Å²) >= 11 is 1.50. The number of amides is 1. The van der Waals surface area contributed by atoms with Crippen LogP contribution in [0.2, 0.25) is 0 Å². The highest BCUT2D eigenvalue weighted by atomic mass is 32.2. The SMILES string of the molecule is CSc1nc2nc(C)c(CCC(=O)N3C[C@@H](C)O[C@@H](C)C3)c(C)n2n1. The summed E-state index contributed by atoms with van der Waals surface area (Å²) < 4.78 is 7.48. The van der Waals surface area contributed by atoms with Gasteiger partial charge < -0.3 is 9.64 Å². The smallest absolute Gasteiger partial charge is 0.253 e. The highest BCUT2D eigenvalue weighted by molar-refractivity contribution is 7.98. The molecule has 0 N–H and O–H groups in total. The van der Waals surface area contributed by atoms with Crippen LogP contribution in [0.4, 0.5) is 0 Å². The summed E-state index contributed by atoms with van der Waals surface area (Å²) in [5, 5.41) is 5.17. The minimum Gasteiger partial charge on any atom is -0.372 e. The molecule has 2 aromatic heterocycles. The number of nitrogens with zero attached hydrogens (tertiary/aromatic N) is 5. The third-order valence-corrected chi connectivity index (χ3v) is 5.11. The first kappa shape index (κ1) is 18.1. The number of carbonyl (C=O) groups is 1. The van der Waals surface area contributed by atoms with Crippen molar-refractivity contribution in [3.8, 4) is 0 Å². The number of hydrogen-bond donors (Lipinski definition) is 0. The third-order valence-electron chi connectivity index (χ3n) is 4.57. The van der Waals surface area contributed by atoms with Crippen molar-refractivity contribution in [3.63, 3.8) is 0 Å². The second kappa shape index (κ2) is 7.29. The molecule has 1 fully saturated rings. The van der Waals surface area contributed by atoms with Gasteiger partial charge >= 0.3 is 0 Å². The summed E-state index contributed by atoms with van der Waals surface area (Å²) in [7, 11) is 0. The van der Waals surface area contributed by atoms with Crippen molar-refractivity contribution in [3.05, 3.63) is 17.0 Å². The van der Waals surface area contributed by atoms with Gasteiger partial charge in [-0.3, -0.25) is 4.79 Å². The van der Waals surface area contributed by atoms with Gasteiger partial charge in [0.05, 0.1) is 12.2 Å². The highest BCUT2D eigenvalue weighted by Gasteiger charge is 2.26. The van der Waals surface area contributed by atoms with E-state index in [1.54, 1.807) is 4.52 Å². The van der Waals surface area contributed by atoms with Crippen molar-refractivity contribution in [2.75, 3.05) is 19.3 Å². The van der Waals surface area contributed by atoms with E-state index in [1.807, 2.05) is 38.9 Å². The van der Waals surface area contributed by atoms with Crippen LogP contribution >= 0.6 is 11.8 Å². The van der Waals surface area contributed by atoms with Crippen molar-refractivity contribution in [1.29, 1.82) is 0 Å². The van der Waals surface area contributed by atoms with Crippen molar-refractivity contribution in [2.45, 2.75) is 57.9 Å². The molecule has 2 atom stereocenters. The Hall–Kier alpha value is -1.67. The van der Waals surface area contributed by atoms with E-state index in [0.717, 1.165) is 17.0 Å². The molecule has 0 spiro atoms. The molecular formula is C17H25N5O2S. The second-order valence-corrected chi connectivity index (χ2v) is 7.40. The molecule has 25 heavy (non-hydrogen) atoms. The molecule has 0 radical (unpaired) electrons. The van der Waals surface area contributed by atoms with Crippen molar-refractivity contribution in [1.82, 2.24) is 24.5 Å². The lowest BCUT2D eigenvalue weighted by molar-refractivity contribution is -0.143. The molecule has 7 nitrogen and oxygen atoms in total. The fourth-order valence-electron chi connectivity index (χ4n) is 3.41. The lowest BCUT2D eigenvalue weighted by Gasteiger charge is -2.35. The van der Waals surface area contributed by atoms with Crippen LogP contribution in [-0.2, 0) is 16.0 Å². The van der Waals surface area contributed by atoms with E-state index in [0.29, 0.717) is 36.9 Å². The van der Waals surface area contributed by atoms with Crippen LogP contribution in [0.3, 0.4) is 0 Å². The van der Waals surface area contributed by atoms with Gasteiger partial charge in [-0.05, 0) is 45.9 Å². The Labute approximate surface area is 152 Å². The monoisotopic (exact) mass is 363 g/mol. The number of morpholine rings is 1. The van der Waals surface area contributed by atoms with E-state index < -0.39 is 0 Å². The Balaban J connectivity index is 1.75. The van der Waals surface area contributed by atoms with Crippen LogP contribution in [-0.4, -0.2) is 61.9 Å². The van der Waals surface area contributed by atoms with Gasteiger partial charge in [-0.2, -0.15) is 4.98 Å². The van der Waals surface area contributed by atoms with Crippen LogP contribution in [0.5, 0.6) is 0 Å². The zero-order valence-electron chi connectivity index (χ0n) is 15.4. The minimum absolute atomic E-state index is 0.0919. The summed E-state index contributed by atoms with van der Waals surface area (Å²) in [5.74, 6) is 0.787. The fourth-order valence-corrected chi connectivity index (χ4v) is 3.75. The van der Waals surface area contributed by atoms with Gasteiger partial charge in [0.2, 0.25) is 11.1 Å². The van der Waals surface area contributed by atoms with Gasteiger partial charge in [0.1, 0.15) is 0 Å². The lowest BCUT2D eigenvalue weighted by Crippen LogP contribution is -2.48. The van der Waals surface area contributed by atoms with Crippen molar-refractivity contribution < 1.29 is 9.53 Å². The zero-order chi connectivity index (χ0) is 18.1. The molecule has 1 saturated heterocycles. The Morgan fingerprint density at radius 1 is 1.24 bits per heavy atom. The molecule has 3 rings (SSSR count). The molecule has 1 aliphatic heterocycles. The fraction of sp³-hybridized carbons (Fsp3) is 0.647. The number of aryl methyl sites for hydroxylation is 2. The molecule has 0 unspecified atom stereocenters. The first-order valence-electron chi connectivity index (χ1n) is 8.59. The quantitative estimate of drug-likeness (QED) is 0.774. The Bertz CT molecular complexity index is 781. The maximum absolute atomic E-state index is 12.6. The number of ether oxygens (including phenoxy) is 1. The highest BCUT2D eigenvalue weighted by Crippen LogP contribution is 2.19. The molecule has 136 valence electrons. The first-order chi connectivity index (χ1) is 11.9.